The molecule has 0 saturated carbocycles. The first kappa shape index (κ1) is 23.9. The Bertz CT molecular complexity index is 1030. The van der Waals surface area contributed by atoms with Gasteiger partial charge >= 0.3 is 0 Å². The van der Waals surface area contributed by atoms with Gasteiger partial charge in [0, 0.05) is 57.4 Å². The summed E-state index contributed by atoms with van der Waals surface area (Å²) in [6, 6.07) is 9.32. The number of halogens is 3. The topological polar surface area (TPSA) is 61.6 Å². The van der Waals surface area contributed by atoms with Gasteiger partial charge in [-0.05, 0) is 42.8 Å². The van der Waals surface area contributed by atoms with Gasteiger partial charge in [-0.2, -0.15) is 5.10 Å². The molecule has 0 unspecified atom stereocenters. The van der Waals surface area contributed by atoms with Crippen LogP contribution in [-0.2, 0) is 6.54 Å². The van der Waals surface area contributed by atoms with Crippen molar-refractivity contribution in [2.24, 2.45) is 4.99 Å². The average molecular weight is 553 g/mol. The summed E-state index contributed by atoms with van der Waals surface area (Å²) in [5, 5.41) is 7.54. The second kappa shape index (κ2) is 11.2. The number of aromatic nitrogens is 3. The third kappa shape index (κ3) is 5.72. The lowest BCUT2D eigenvalue weighted by molar-refractivity contribution is 0.370. The summed E-state index contributed by atoms with van der Waals surface area (Å²) in [5.41, 5.74) is 1.33. The molecule has 1 aliphatic rings. The van der Waals surface area contributed by atoms with E-state index in [-0.39, 0.29) is 24.0 Å². The van der Waals surface area contributed by atoms with Crippen LogP contribution in [0.4, 0.5) is 14.5 Å². The van der Waals surface area contributed by atoms with Crippen molar-refractivity contribution in [3.63, 3.8) is 0 Å². The van der Waals surface area contributed by atoms with Crippen molar-refractivity contribution in [3.8, 4) is 5.82 Å². The van der Waals surface area contributed by atoms with Gasteiger partial charge in [0.1, 0.15) is 11.6 Å². The molecular weight excluding hydrogens is 527 g/mol. The molecule has 2 aromatic heterocycles. The molecule has 3 heterocycles. The summed E-state index contributed by atoms with van der Waals surface area (Å²) in [5.74, 6) is 0.717. The largest absolute Gasteiger partial charge is 0.366 e. The Hall–Kier alpha value is -2.76. The van der Waals surface area contributed by atoms with Gasteiger partial charge in [0.2, 0.25) is 0 Å². The lowest BCUT2D eigenvalue weighted by Gasteiger charge is -2.37. The van der Waals surface area contributed by atoms with Gasteiger partial charge in [0.25, 0.3) is 0 Å². The van der Waals surface area contributed by atoms with Crippen molar-refractivity contribution >= 4 is 35.6 Å². The monoisotopic (exact) mass is 553 g/mol. The fourth-order valence-corrected chi connectivity index (χ4v) is 3.57. The van der Waals surface area contributed by atoms with Crippen molar-refractivity contribution in [2.75, 3.05) is 37.6 Å². The second-order valence-corrected chi connectivity index (χ2v) is 7.21. The van der Waals surface area contributed by atoms with Crippen LogP contribution in [0, 0.1) is 11.6 Å². The first-order valence-corrected chi connectivity index (χ1v) is 10.3. The zero-order valence-electron chi connectivity index (χ0n) is 17.8. The predicted octanol–water partition coefficient (Wildman–Crippen LogP) is 3.45. The number of rotatable bonds is 5. The van der Waals surface area contributed by atoms with Crippen LogP contribution in [0.1, 0.15) is 12.5 Å². The molecule has 0 spiro atoms. The maximum absolute atomic E-state index is 14.1. The molecule has 1 saturated heterocycles. The van der Waals surface area contributed by atoms with Crippen LogP contribution >= 0.6 is 24.0 Å². The molecular formula is C22H26F2IN7. The fraction of sp³-hybridized carbons (Fsp3) is 0.318. The maximum Gasteiger partial charge on any atom is 0.194 e. The van der Waals surface area contributed by atoms with Gasteiger partial charge in [-0.25, -0.2) is 23.4 Å². The van der Waals surface area contributed by atoms with Crippen LogP contribution in [0.15, 0.2) is 60.0 Å². The molecule has 32 heavy (non-hydrogen) atoms. The number of benzene rings is 1. The normalized spacial score (nSPS) is 14.3. The van der Waals surface area contributed by atoms with E-state index < -0.39 is 11.6 Å². The minimum absolute atomic E-state index is 0. The van der Waals surface area contributed by atoms with Crippen LogP contribution in [-0.4, -0.2) is 58.3 Å². The minimum atomic E-state index is -0.430. The molecule has 0 radical (unpaired) electrons. The van der Waals surface area contributed by atoms with Crippen molar-refractivity contribution in [1.29, 1.82) is 0 Å². The molecule has 0 bridgehead atoms. The molecule has 0 aliphatic carbocycles. The number of nitrogens with one attached hydrogen (secondary N) is 1. The number of nitrogens with zero attached hydrogens (tertiary/aromatic N) is 6. The highest BCUT2D eigenvalue weighted by Gasteiger charge is 2.22. The van der Waals surface area contributed by atoms with E-state index in [0.717, 1.165) is 30.0 Å². The van der Waals surface area contributed by atoms with E-state index in [1.807, 2.05) is 36.2 Å². The smallest absolute Gasteiger partial charge is 0.194 e. The zero-order chi connectivity index (χ0) is 21.6. The predicted molar refractivity (Wildman–Crippen MR) is 132 cm³/mol. The molecule has 1 aromatic carbocycles. The summed E-state index contributed by atoms with van der Waals surface area (Å²) >= 11 is 0. The average Bonchev–Trinajstić information content (AvgIpc) is 3.34. The summed E-state index contributed by atoms with van der Waals surface area (Å²) < 4.78 is 29.4. The Kier molecular flexibility index (Phi) is 8.37. The SMILES string of the molecule is CCNC(=NCc1ccnc(-n2cccn2)c1)N1CCN(c2cc(F)ccc2F)CC1.I. The molecule has 7 nitrogen and oxygen atoms in total. The van der Waals surface area contributed by atoms with Crippen LogP contribution in [0.5, 0.6) is 0 Å². The minimum Gasteiger partial charge on any atom is -0.366 e. The third-order valence-electron chi connectivity index (χ3n) is 5.12. The van der Waals surface area contributed by atoms with E-state index >= 15 is 0 Å². The first-order valence-electron chi connectivity index (χ1n) is 10.3. The van der Waals surface area contributed by atoms with Gasteiger partial charge in [0.05, 0.1) is 12.2 Å². The van der Waals surface area contributed by atoms with Gasteiger partial charge in [-0.15, -0.1) is 24.0 Å². The van der Waals surface area contributed by atoms with Crippen molar-refractivity contribution in [2.45, 2.75) is 13.5 Å². The quantitative estimate of drug-likeness (QED) is 0.298. The second-order valence-electron chi connectivity index (χ2n) is 7.21. The van der Waals surface area contributed by atoms with Crippen LogP contribution < -0.4 is 10.2 Å². The Labute approximate surface area is 203 Å². The number of anilines is 1. The summed E-state index contributed by atoms with van der Waals surface area (Å²) in [6.45, 7) is 5.76. The van der Waals surface area contributed by atoms with E-state index in [0.29, 0.717) is 38.4 Å². The highest BCUT2D eigenvalue weighted by Crippen LogP contribution is 2.22. The lowest BCUT2D eigenvalue weighted by Crippen LogP contribution is -2.52. The highest BCUT2D eigenvalue weighted by molar-refractivity contribution is 14.0. The van der Waals surface area contributed by atoms with Crippen LogP contribution in [0.2, 0.25) is 0 Å². The lowest BCUT2D eigenvalue weighted by atomic mass is 10.2. The summed E-state index contributed by atoms with van der Waals surface area (Å²) in [4.78, 5) is 13.1. The number of aliphatic imine (C=N–C) groups is 1. The first-order chi connectivity index (χ1) is 15.1. The number of piperazine rings is 1. The molecule has 0 amide bonds. The third-order valence-corrected chi connectivity index (χ3v) is 5.12. The van der Waals surface area contributed by atoms with Gasteiger partial charge < -0.3 is 15.1 Å². The van der Waals surface area contributed by atoms with Crippen LogP contribution in [0.3, 0.4) is 0 Å². The van der Waals surface area contributed by atoms with Gasteiger partial charge in [-0.1, -0.05) is 0 Å². The Morgan fingerprint density at radius 1 is 1.09 bits per heavy atom. The summed E-state index contributed by atoms with van der Waals surface area (Å²) in [7, 11) is 0. The standard InChI is InChI=1S/C22H25F2N7.HI/c1-2-25-22(27-16-17-6-8-26-21(14-17)31-9-3-7-28-31)30-12-10-29(11-13-30)20-15-18(23)4-5-19(20)24;/h3-9,14-15H,2,10-13,16H2,1H3,(H,25,27);1H. The number of hydrogen-bond donors (Lipinski definition) is 1. The molecule has 1 N–H and O–H groups in total. The molecule has 1 aliphatic heterocycles. The molecule has 0 atom stereocenters. The van der Waals surface area contributed by atoms with E-state index in [1.165, 1.54) is 12.1 Å². The van der Waals surface area contributed by atoms with E-state index in [2.05, 4.69) is 20.3 Å². The Morgan fingerprint density at radius 3 is 2.62 bits per heavy atom. The summed E-state index contributed by atoms with van der Waals surface area (Å²) in [6.07, 6.45) is 5.31. The fourth-order valence-electron chi connectivity index (χ4n) is 3.57. The highest BCUT2D eigenvalue weighted by atomic mass is 127. The maximum atomic E-state index is 14.1. The number of guanidine groups is 1. The molecule has 4 rings (SSSR count). The molecule has 170 valence electrons. The molecule has 10 heteroatoms. The van der Waals surface area contributed by atoms with Crippen molar-refractivity contribution in [3.05, 3.63) is 72.2 Å². The van der Waals surface area contributed by atoms with Gasteiger partial charge in [-0.3, -0.25) is 0 Å². The van der Waals surface area contributed by atoms with Gasteiger partial charge in [0.15, 0.2) is 11.8 Å². The number of hydrogen-bond acceptors (Lipinski definition) is 4. The Balaban J connectivity index is 0.00000289. The van der Waals surface area contributed by atoms with Crippen LogP contribution in [0.25, 0.3) is 5.82 Å². The molecule has 3 aromatic rings. The van der Waals surface area contributed by atoms with Crippen molar-refractivity contribution in [1.82, 2.24) is 25.0 Å². The number of pyridine rings is 1. The molecule has 1 fully saturated rings. The zero-order valence-corrected chi connectivity index (χ0v) is 20.1. The van der Waals surface area contributed by atoms with E-state index in [4.69, 9.17) is 4.99 Å². The Morgan fingerprint density at radius 2 is 1.91 bits per heavy atom. The van der Waals surface area contributed by atoms with Crippen molar-refractivity contribution < 1.29 is 8.78 Å². The van der Waals surface area contributed by atoms with E-state index in [9.17, 15) is 8.78 Å². The van der Waals surface area contributed by atoms with E-state index in [1.54, 1.807) is 17.1 Å².